The van der Waals surface area contributed by atoms with E-state index in [1.165, 1.54) is 0 Å². The number of hydrogen-bond acceptors (Lipinski definition) is 2. The molecule has 0 spiro atoms. The lowest BCUT2D eigenvalue weighted by Gasteiger charge is -2.23. The number of nitrogens with zero attached hydrogens (tertiary/aromatic N) is 1. The fourth-order valence-corrected chi connectivity index (χ4v) is 2.54. The highest BCUT2D eigenvalue weighted by molar-refractivity contribution is 14.1. The van der Waals surface area contributed by atoms with Gasteiger partial charge in [0.15, 0.2) is 0 Å². The smallest absolute Gasteiger partial charge is 0.249 e. The number of halogens is 1. The lowest BCUT2D eigenvalue weighted by molar-refractivity contribution is -0.125. The van der Waals surface area contributed by atoms with E-state index in [2.05, 4.69) is 27.9 Å². The van der Waals surface area contributed by atoms with Crippen LogP contribution >= 0.6 is 22.6 Å². The van der Waals surface area contributed by atoms with Crippen molar-refractivity contribution in [2.45, 2.75) is 25.8 Å². The first kappa shape index (κ1) is 13.3. The number of rotatable bonds is 2. The van der Waals surface area contributed by atoms with Gasteiger partial charge in [0.1, 0.15) is 6.04 Å². The van der Waals surface area contributed by atoms with Gasteiger partial charge < -0.3 is 10.2 Å². The normalized spacial score (nSPS) is 20.6. The molecule has 1 aromatic carbocycles. The van der Waals surface area contributed by atoms with Crippen LogP contribution in [0.4, 0.5) is 5.69 Å². The molecular formula is C13H15IN2O2. The van der Waals surface area contributed by atoms with Crippen LogP contribution < -0.4 is 10.2 Å². The summed E-state index contributed by atoms with van der Waals surface area (Å²) in [6.07, 6.45) is 0.971. The summed E-state index contributed by atoms with van der Waals surface area (Å²) in [4.78, 5) is 25.6. The summed E-state index contributed by atoms with van der Waals surface area (Å²) >= 11 is 2.22. The van der Waals surface area contributed by atoms with Gasteiger partial charge in [0.2, 0.25) is 11.8 Å². The van der Waals surface area contributed by atoms with E-state index in [-0.39, 0.29) is 11.8 Å². The highest BCUT2D eigenvalue weighted by atomic mass is 127. The van der Waals surface area contributed by atoms with Crippen LogP contribution in [0, 0.1) is 3.57 Å². The van der Waals surface area contributed by atoms with Crippen molar-refractivity contribution in [3.63, 3.8) is 0 Å². The van der Waals surface area contributed by atoms with E-state index in [0.29, 0.717) is 19.4 Å². The van der Waals surface area contributed by atoms with Crippen molar-refractivity contribution in [3.05, 3.63) is 27.8 Å². The molecule has 1 fully saturated rings. The van der Waals surface area contributed by atoms with Gasteiger partial charge in [0.05, 0.1) is 0 Å². The fourth-order valence-electron chi connectivity index (χ4n) is 2.02. The molecule has 0 bridgehead atoms. The van der Waals surface area contributed by atoms with Gasteiger partial charge in [0.25, 0.3) is 0 Å². The zero-order valence-corrected chi connectivity index (χ0v) is 12.3. The molecule has 1 aliphatic rings. The van der Waals surface area contributed by atoms with Crippen molar-refractivity contribution in [2.75, 3.05) is 11.4 Å². The molecule has 1 atom stereocenters. The third-order valence-electron chi connectivity index (χ3n) is 2.99. The van der Waals surface area contributed by atoms with Gasteiger partial charge in [-0.05, 0) is 47.2 Å². The first-order chi connectivity index (χ1) is 8.61. The molecule has 5 heteroatoms. The topological polar surface area (TPSA) is 49.4 Å². The molecule has 4 nitrogen and oxygen atoms in total. The van der Waals surface area contributed by atoms with Gasteiger partial charge in [-0.2, -0.15) is 0 Å². The van der Waals surface area contributed by atoms with Crippen LogP contribution in [-0.2, 0) is 9.59 Å². The molecule has 1 aromatic rings. The summed E-state index contributed by atoms with van der Waals surface area (Å²) in [5, 5.41) is 2.76. The molecule has 2 amide bonds. The van der Waals surface area contributed by atoms with Gasteiger partial charge in [-0.25, -0.2) is 0 Å². The Labute approximate surface area is 120 Å². The molecular weight excluding hydrogens is 343 g/mol. The average Bonchev–Trinajstić information content (AvgIpc) is 2.49. The molecule has 2 rings (SSSR count). The molecule has 0 saturated carbocycles. The Kier molecular flexibility index (Phi) is 4.21. The third kappa shape index (κ3) is 2.82. The first-order valence-corrected chi connectivity index (χ1v) is 7.06. The highest BCUT2D eigenvalue weighted by Gasteiger charge is 2.29. The van der Waals surface area contributed by atoms with E-state index in [1.807, 2.05) is 31.2 Å². The molecule has 1 aliphatic heterocycles. The third-order valence-corrected chi connectivity index (χ3v) is 3.66. The Morgan fingerprint density at radius 2 is 2.22 bits per heavy atom. The van der Waals surface area contributed by atoms with Crippen molar-refractivity contribution >= 4 is 40.1 Å². The Bertz CT molecular complexity index is 476. The molecule has 0 aliphatic carbocycles. The van der Waals surface area contributed by atoms with E-state index in [4.69, 9.17) is 0 Å². The lowest BCUT2D eigenvalue weighted by atomic mass is 10.2. The van der Waals surface area contributed by atoms with Crippen molar-refractivity contribution < 1.29 is 9.59 Å². The molecule has 1 N–H and O–H groups in total. The minimum absolute atomic E-state index is 0.0228. The summed E-state index contributed by atoms with van der Waals surface area (Å²) in [6, 6.07) is 7.36. The van der Waals surface area contributed by atoms with Gasteiger partial charge in [-0.1, -0.05) is 13.0 Å². The largest absolute Gasteiger partial charge is 0.344 e. The minimum Gasteiger partial charge on any atom is -0.344 e. The van der Waals surface area contributed by atoms with E-state index < -0.39 is 6.04 Å². The SMILES string of the molecule is CCC1NC(=O)CCN(c2cccc(I)c2)C1=O. The van der Waals surface area contributed by atoms with Gasteiger partial charge in [-0.15, -0.1) is 0 Å². The Hall–Kier alpha value is -1.11. The van der Waals surface area contributed by atoms with E-state index in [1.54, 1.807) is 4.90 Å². The summed E-state index contributed by atoms with van der Waals surface area (Å²) in [6.45, 7) is 2.35. The first-order valence-electron chi connectivity index (χ1n) is 5.98. The Morgan fingerprint density at radius 1 is 1.44 bits per heavy atom. The fraction of sp³-hybridized carbons (Fsp3) is 0.385. The van der Waals surface area contributed by atoms with Crippen molar-refractivity contribution in [1.29, 1.82) is 0 Å². The Morgan fingerprint density at radius 3 is 2.89 bits per heavy atom. The number of benzene rings is 1. The number of hydrogen-bond donors (Lipinski definition) is 1. The van der Waals surface area contributed by atoms with Crippen LogP contribution in [0.25, 0.3) is 0 Å². The lowest BCUT2D eigenvalue weighted by Crippen LogP contribution is -2.44. The average molecular weight is 358 g/mol. The molecule has 0 radical (unpaired) electrons. The maximum atomic E-state index is 12.3. The Balaban J connectivity index is 2.30. The van der Waals surface area contributed by atoms with Crippen LogP contribution in [0.15, 0.2) is 24.3 Å². The standard InChI is InChI=1S/C13H15IN2O2/c1-2-11-13(18)16(7-6-12(17)15-11)10-5-3-4-9(14)8-10/h3-5,8,11H,2,6-7H2,1H3,(H,15,17). The molecule has 18 heavy (non-hydrogen) atoms. The highest BCUT2D eigenvalue weighted by Crippen LogP contribution is 2.20. The minimum atomic E-state index is -0.405. The predicted octanol–water partition coefficient (Wildman–Crippen LogP) is 1.92. The molecule has 1 saturated heterocycles. The predicted molar refractivity (Wildman–Crippen MR) is 78.4 cm³/mol. The van der Waals surface area contributed by atoms with Gasteiger partial charge in [-0.3, -0.25) is 9.59 Å². The second-order valence-corrected chi connectivity index (χ2v) is 5.49. The molecule has 96 valence electrons. The van der Waals surface area contributed by atoms with E-state index in [0.717, 1.165) is 9.26 Å². The zero-order chi connectivity index (χ0) is 13.1. The van der Waals surface area contributed by atoms with Crippen LogP contribution in [-0.4, -0.2) is 24.4 Å². The molecule has 0 aromatic heterocycles. The summed E-state index contributed by atoms with van der Waals surface area (Å²) in [5.41, 5.74) is 0.863. The maximum absolute atomic E-state index is 12.3. The summed E-state index contributed by atoms with van der Waals surface area (Å²) < 4.78 is 1.08. The second kappa shape index (κ2) is 5.69. The maximum Gasteiger partial charge on any atom is 0.249 e. The van der Waals surface area contributed by atoms with Crippen molar-refractivity contribution in [1.82, 2.24) is 5.32 Å². The molecule has 1 heterocycles. The van der Waals surface area contributed by atoms with Crippen molar-refractivity contribution in [2.24, 2.45) is 0 Å². The second-order valence-electron chi connectivity index (χ2n) is 4.25. The number of amides is 2. The van der Waals surface area contributed by atoms with Crippen LogP contribution in [0.3, 0.4) is 0 Å². The number of carbonyl (C=O) groups is 2. The number of anilines is 1. The van der Waals surface area contributed by atoms with Gasteiger partial charge in [0, 0.05) is 22.2 Å². The van der Waals surface area contributed by atoms with Crippen LogP contribution in [0.5, 0.6) is 0 Å². The summed E-state index contributed by atoms with van der Waals surface area (Å²) in [7, 11) is 0. The monoisotopic (exact) mass is 358 g/mol. The summed E-state index contributed by atoms with van der Waals surface area (Å²) in [5.74, 6) is -0.0753. The van der Waals surface area contributed by atoms with Crippen LogP contribution in [0.1, 0.15) is 19.8 Å². The quantitative estimate of drug-likeness (QED) is 0.822. The molecule has 1 unspecified atom stereocenters. The zero-order valence-electron chi connectivity index (χ0n) is 10.1. The van der Waals surface area contributed by atoms with E-state index >= 15 is 0 Å². The van der Waals surface area contributed by atoms with E-state index in [9.17, 15) is 9.59 Å². The van der Waals surface area contributed by atoms with Crippen molar-refractivity contribution in [3.8, 4) is 0 Å². The number of nitrogens with one attached hydrogen (secondary N) is 1. The van der Waals surface area contributed by atoms with Crippen LogP contribution in [0.2, 0.25) is 0 Å². The van der Waals surface area contributed by atoms with Gasteiger partial charge >= 0.3 is 0 Å². The number of carbonyl (C=O) groups excluding carboxylic acids is 2.